The summed E-state index contributed by atoms with van der Waals surface area (Å²) in [5, 5.41) is 6.55. The zero-order chi connectivity index (χ0) is 13.0. The molecule has 18 heavy (non-hydrogen) atoms. The lowest BCUT2D eigenvalue weighted by Gasteiger charge is -2.35. The number of halogens is 1. The summed E-state index contributed by atoms with van der Waals surface area (Å²) in [6.45, 7) is 3.85. The van der Waals surface area contributed by atoms with Gasteiger partial charge >= 0.3 is 0 Å². The topological polar surface area (TPSA) is 36.5 Å². The molecule has 1 heterocycles. The van der Waals surface area contributed by atoms with Gasteiger partial charge in [-0.2, -0.15) is 0 Å². The summed E-state index contributed by atoms with van der Waals surface area (Å²) in [6, 6.07) is 5.13. The first-order chi connectivity index (χ1) is 8.76. The number of hydrogen-bond donors (Lipinski definition) is 2. The van der Waals surface area contributed by atoms with Crippen molar-refractivity contribution in [2.45, 2.75) is 6.17 Å². The highest BCUT2D eigenvalue weighted by Crippen LogP contribution is 2.24. The lowest BCUT2D eigenvalue weighted by atomic mass is 10.1. The van der Waals surface area contributed by atoms with Crippen molar-refractivity contribution in [2.75, 3.05) is 40.3 Å². The van der Waals surface area contributed by atoms with Gasteiger partial charge in [0.2, 0.25) is 0 Å². The van der Waals surface area contributed by atoms with Crippen molar-refractivity contribution in [3.8, 4) is 5.75 Å². The van der Waals surface area contributed by atoms with Gasteiger partial charge in [0.25, 0.3) is 0 Å². The third-order valence-electron chi connectivity index (χ3n) is 3.28. The molecule has 2 N–H and O–H groups in total. The fourth-order valence-corrected chi connectivity index (χ4v) is 2.35. The molecule has 0 bridgehead atoms. The van der Waals surface area contributed by atoms with Crippen LogP contribution in [0.5, 0.6) is 5.75 Å². The molecule has 1 aromatic carbocycles. The molecule has 1 aliphatic heterocycles. The predicted octanol–water partition coefficient (Wildman–Crippen LogP) is 0.957. The SMILES string of the molecule is CNC(c1ccc(OC)c(F)c1)N1CCNCC1. The second kappa shape index (κ2) is 6.13. The predicted molar refractivity (Wildman–Crippen MR) is 69.2 cm³/mol. The van der Waals surface area contributed by atoms with Crippen LogP contribution in [0.25, 0.3) is 0 Å². The molecule has 0 radical (unpaired) electrons. The quantitative estimate of drug-likeness (QED) is 0.838. The Kier molecular flexibility index (Phi) is 4.52. The van der Waals surface area contributed by atoms with Crippen molar-refractivity contribution in [1.29, 1.82) is 0 Å². The molecule has 0 amide bonds. The minimum atomic E-state index is -0.314. The van der Waals surface area contributed by atoms with Crippen molar-refractivity contribution in [2.24, 2.45) is 0 Å². The molecule has 0 aliphatic carbocycles. The van der Waals surface area contributed by atoms with Crippen molar-refractivity contribution in [3.63, 3.8) is 0 Å². The van der Waals surface area contributed by atoms with Gasteiger partial charge in [-0.05, 0) is 24.7 Å². The highest BCUT2D eigenvalue weighted by molar-refractivity contribution is 5.30. The molecule has 1 aromatic rings. The summed E-state index contributed by atoms with van der Waals surface area (Å²) in [5.74, 6) is -0.0284. The number of methoxy groups -OCH3 is 1. The molecule has 0 spiro atoms. The summed E-state index contributed by atoms with van der Waals surface area (Å²) in [6.07, 6.45) is 0.0486. The van der Waals surface area contributed by atoms with Crippen molar-refractivity contribution < 1.29 is 9.13 Å². The lowest BCUT2D eigenvalue weighted by Crippen LogP contribution is -2.48. The smallest absolute Gasteiger partial charge is 0.165 e. The highest BCUT2D eigenvalue weighted by atomic mass is 19.1. The van der Waals surface area contributed by atoms with E-state index in [2.05, 4.69) is 15.5 Å². The van der Waals surface area contributed by atoms with Crippen LogP contribution in [0.4, 0.5) is 4.39 Å². The molecule has 5 heteroatoms. The van der Waals surface area contributed by atoms with Crippen molar-refractivity contribution >= 4 is 0 Å². The first-order valence-corrected chi connectivity index (χ1v) is 6.21. The molecule has 1 unspecified atom stereocenters. The van der Waals surface area contributed by atoms with Crippen LogP contribution in [0, 0.1) is 5.82 Å². The van der Waals surface area contributed by atoms with E-state index in [1.165, 1.54) is 7.11 Å². The number of nitrogens with zero attached hydrogens (tertiary/aromatic N) is 1. The normalized spacial score (nSPS) is 18.6. The molecule has 100 valence electrons. The molecule has 1 atom stereocenters. The molecule has 1 fully saturated rings. The number of piperazine rings is 1. The Morgan fingerprint density at radius 3 is 2.67 bits per heavy atom. The third-order valence-corrected chi connectivity index (χ3v) is 3.28. The van der Waals surface area contributed by atoms with Gasteiger partial charge in [-0.15, -0.1) is 0 Å². The summed E-state index contributed by atoms with van der Waals surface area (Å²) in [4.78, 5) is 2.30. The van der Waals surface area contributed by atoms with Gasteiger partial charge < -0.3 is 15.4 Å². The highest BCUT2D eigenvalue weighted by Gasteiger charge is 2.21. The van der Waals surface area contributed by atoms with Crippen molar-refractivity contribution in [3.05, 3.63) is 29.6 Å². The maximum absolute atomic E-state index is 13.7. The molecular weight excluding hydrogens is 233 g/mol. The van der Waals surface area contributed by atoms with Crippen LogP contribution >= 0.6 is 0 Å². The Hall–Kier alpha value is -1.17. The summed E-state index contributed by atoms with van der Waals surface area (Å²) < 4.78 is 18.7. The zero-order valence-corrected chi connectivity index (χ0v) is 10.9. The van der Waals surface area contributed by atoms with Crippen molar-refractivity contribution in [1.82, 2.24) is 15.5 Å². The first kappa shape index (κ1) is 13.3. The minimum Gasteiger partial charge on any atom is -0.494 e. The molecular formula is C13H20FN3O. The number of hydrogen-bond acceptors (Lipinski definition) is 4. The van der Waals surface area contributed by atoms with Crippen LogP contribution in [0.15, 0.2) is 18.2 Å². The van der Waals surface area contributed by atoms with Crippen LogP contribution in [0.3, 0.4) is 0 Å². The standard InChI is InChI=1S/C13H20FN3O/c1-15-13(17-7-5-16-6-8-17)10-3-4-12(18-2)11(14)9-10/h3-4,9,13,15-16H,5-8H2,1-2H3. The average Bonchev–Trinajstić information content (AvgIpc) is 2.41. The maximum atomic E-state index is 13.7. The summed E-state index contributed by atoms with van der Waals surface area (Å²) in [5.41, 5.74) is 0.928. The first-order valence-electron chi connectivity index (χ1n) is 6.21. The van der Waals surface area contributed by atoms with Gasteiger partial charge in [-0.25, -0.2) is 4.39 Å². The van der Waals surface area contributed by atoms with Gasteiger partial charge in [0.05, 0.1) is 13.3 Å². The largest absolute Gasteiger partial charge is 0.494 e. The second-order valence-electron chi connectivity index (χ2n) is 4.37. The Morgan fingerprint density at radius 2 is 2.11 bits per heavy atom. The number of ether oxygens (including phenoxy) is 1. The van der Waals surface area contributed by atoms with Crippen LogP contribution in [0.2, 0.25) is 0 Å². The third kappa shape index (κ3) is 2.80. The van der Waals surface area contributed by atoms with Crippen LogP contribution in [-0.4, -0.2) is 45.2 Å². The van der Waals surface area contributed by atoms with Gasteiger partial charge in [0.1, 0.15) is 0 Å². The molecule has 0 saturated carbocycles. The minimum absolute atomic E-state index is 0.0486. The molecule has 2 rings (SSSR count). The molecule has 1 aliphatic rings. The van der Waals surface area contributed by atoms with E-state index in [0.29, 0.717) is 0 Å². The number of benzene rings is 1. The van der Waals surface area contributed by atoms with E-state index in [1.807, 2.05) is 13.1 Å². The Labute approximate surface area is 107 Å². The van der Waals surface area contributed by atoms with E-state index < -0.39 is 0 Å². The summed E-state index contributed by atoms with van der Waals surface area (Å²) in [7, 11) is 3.37. The fourth-order valence-electron chi connectivity index (χ4n) is 2.35. The van der Waals surface area contributed by atoms with E-state index >= 15 is 0 Å². The van der Waals surface area contributed by atoms with Crippen LogP contribution in [-0.2, 0) is 0 Å². The number of rotatable bonds is 4. The Balaban J connectivity index is 2.18. The van der Waals surface area contributed by atoms with E-state index in [0.717, 1.165) is 31.7 Å². The zero-order valence-electron chi connectivity index (χ0n) is 10.9. The number of nitrogens with one attached hydrogen (secondary N) is 2. The van der Waals surface area contributed by atoms with E-state index in [9.17, 15) is 4.39 Å². The van der Waals surface area contributed by atoms with Gasteiger partial charge in [0.15, 0.2) is 11.6 Å². The van der Waals surface area contributed by atoms with E-state index in [1.54, 1.807) is 12.1 Å². The van der Waals surface area contributed by atoms with E-state index in [4.69, 9.17) is 4.74 Å². The second-order valence-corrected chi connectivity index (χ2v) is 4.37. The maximum Gasteiger partial charge on any atom is 0.165 e. The average molecular weight is 253 g/mol. The monoisotopic (exact) mass is 253 g/mol. The van der Waals surface area contributed by atoms with Gasteiger partial charge in [0, 0.05) is 26.2 Å². The molecule has 4 nitrogen and oxygen atoms in total. The summed E-state index contributed by atoms with van der Waals surface area (Å²) >= 11 is 0. The lowest BCUT2D eigenvalue weighted by molar-refractivity contribution is 0.152. The Morgan fingerprint density at radius 1 is 1.39 bits per heavy atom. The van der Waals surface area contributed by atoms with Crippen LogP contribution < -0.4 is 15.4 Å². The fraction of sp³-hybridized carbons (Fsp3) is 0.538. The molecule has 0 aromatic heterocycles. The van der Waals surface area contributed by atoms with Crippen LogP contribution in [0.1, 0.15) is 11.7 Å². The van der Waals surface area contributed by atoms with Gasteiger partial charge in [-0.3, -0.25) is 4.90 Å². The van der Waals surface area contributed by atoms with Gasteiger partial charge in [-0.1, -0.05) is 6.07 Å². The Bertz CT molecular complexity index is 394. The van der Waals surface area contributed by atoms with E-state index in [-0.39, 0.29) is 17.7 Å². The molecule has 1 saturated heterocycles.